The first-order chi connectivity index (χ1) is 3.50. The topological polar surface area (TPSA) is 12.4 Å². The number of rotatable bonds is 0. The predicted molar refractivity (Wildman–Crippen MR) is 31.7 cm³/mol. The summed E-state index contributed by atoms with van der Waals surface area (Å²) in [5.74, 6) is 0. The second-order valence-corrected chi connectivity index (χ2v) is 1.61. The van der Waals surface area contributed by atoms with Crippen molar-refractivity contribution >= 4 is 18.0 Å². The van der Waals surface area contributed by atoms with E-state index >= 15 is 0 Å². The van der Waals surface area contributed by atoms with Crippen LogP contribution in [0.3, 0.4) is 0 Å². The maximum Gasteiger partial charge on any atom is 0.0460 e. The quantitative estimate of drug-likeness (QED) is 0.458. The van der Waals surface area contributed by atoms with Crippen LogP contribution in [0.4, 0.5) is 0 Å². The second kappa shape index (κ2) is 2.64. The van der Waals surface area contributed by atoms with Crippen molar-refractivity contribution < 1.29 is 0 Å². The molecule has 1 rings (SSSR count). The van der Waals surface area contributed by atoms with E-state index in [1.54, 1.807) is 18.5 Å². The minimum absolute atomic E-state index is 1.38. The van der Waals surface area contributed by atoms with Crippen molar-refractivity contribution in [1.82, 2.24) is 0 Å². The first kappa shape index (κ1) is 4.65. The largest absolute Gasteiger partial charge is 0.263 e. The summed E-state index contributed by atoms with van der Waals surface area (Å²) in [6, 6.07) is 0. The van der Waals surface area contributed by atoms with Crippen LogP contribution in [0, 0.1) is 10.8 Å². The van der Waals surface area contributed by atoms with Gasteiger partial charge in [0.05, 0.1) is 0 Å². The Morgan fingerprint density at radius 1 is 1.43 bits per heavy atom. The molecule has 1 nitrogen and oxygen atoms in total. The zero-order valence-corrected chi connectivity index (χ0v) is 4.40. The molecule has 1 aliphatic heterocycles. The average Bonchev–Trinajstić information content (AvgIpc) is 1.90. The molecule has 0 saturated carbocycles. The predicted octanol–water partition coefficient (Wildman–Crippen LogP) is 1.40. The first-order valence-electron chi connectivity index (χ1n) is 1.84. The standard InChI is InChI=1S/C5H3NS/c1-2-6-3-5-7-4-1/h1-3H. The summed E-state index contributed by atoms with van der Waals surface area (Å²) in [7, 11) is 0. The van der Waals surface area contributed by atoms with E-state index in [4.69, 9.17) is 0 Å². The molecule has 7 heavy (non-hydrogen) atoms. The van der Waals surface area contributed by atoms with Gasteiger partial charge in [-0.3, -0.25) is 4.99 Å². The zero-order chi connectivity index (χ0) is 4.95. The molecule has 0 aromatic carbocycles. The highest BCUT2D eigenvalue weighted by atomic mass is 32.2. The summed E-state index contributed by atoms with van der Waals surface area (Å²) < 4.78 is 0. The fraction of sp³-hybridized carbons (Fsp3) is 0. The van der Waals surface area contributed by atoms with Gasteiger partial charge in [0.25, 0.3) is 0 Å². The van der Waals surface area contributed by atoms with Crippen molar-refractivity contribution in [2.75, 3.05) is 0 Å². The second-order valence-electron chi connectivity index (χ2n) is 0.932. The van der Waals surface area contributed by atoms with Gasteiger partial charge in [-0.05, 0) is 6.08 Å². The van der Waals surface area contributed by atoms with Crippen LogP contribution in [-0.2, 0) is 0 Å². The highest BCUT2D eigenvalue weighted by molar-refractivity contribution is 8.02. The Balaban J connectivity index is 2.60. The van der Waals surface area contributed by atoms with E-state index < -0.39 is 0 Å². The molecule has 1 heterocycles. The van der Waals surface area contributed by atoms with Crippen LogP contribution in [0.1, 0.15) is 0 Å². The Labute approximate surface area is 46.8 Å². The third-order valence-electron chi connectivity index (χ3n) is 0.474. The maximum absolute atomic E-state index is 3.77. The zero-order valence-electron chi connectivity index (χ0n) is 3.59. The molecular formula is C5H3NS. The van der Waals surface area contributed by atoms with Gasteiger partial charge < -0.3 is 0 Å². The SMILES string of the molecule is [C]1=CC=NC=[C]S1. The van der Waals surface area contributed by atoms with Crippen LogP contribution in [-0.4, -0.2) is 6.21 Å². The van der Waals surface area contributed by atoms with Crippen molar-refractivity contribution in [3.05, 3.63) is 23.1 Å². The molecule has 2 radical (unpaired) electrons. The van der Waals surface area contributed by atoms with Gasteiger partial charge in [0, 0.05) is 23.2 Å². The number of hydrogen-bond donors (Lipinski definition) is 0. The van der Waals surface area contributed by atoms with Crippen LogP contribution >= 0.6 is 11.8 Å². The monoisotopic (exact) mass is 109 g/mol. The number of hydrogen-bond acceptors (Lipinski definition) is 2. The van der Waals surface area contributed by atoms with Gasteiger partial charge in [-0.2, -0.15) is 0 Å². The Morgan fingerprint density at radius 2 is 2.43 bits per heavy atom. The molecule has 0 fully saturated rings. The Morgan fingerprint density at radius 3 is 3.43 bits per heavy atom. The molecule has 0 amide bonds. The number of allylic oxidation sites excluding steroid dienone is 1. The Hall–Kier alpha value is -0.500. The third kappa shape index (κ3) is 1.59. The fourth-order valence-electron chi connectivity index (χ4n) is 0.241. The lowest BCUT2D eigenvalue weighted by molar-refractivity contribution is 1.61. The van der Waals surface area contributed by atoms with Crippen LogP contribution in [0.2, 0.25) is 0 Å². The lowest BCUT2D eigenvalue weighted by atomic mass is 10.7. The minimum Gasteiger partial charge on any atom is -0.263 e. The van der Waals surface area contributed by atoms with E-state index in [2.05, 4.69) is 15.8 Å². The highest BCUT2D eigenvalue weighted by Crippen LogP contribution is 2.01. The molecule has 0 aliphatic carbocycles. The Kier molecular flexibility index (Phi) is 1.75. The van der Waals surface area contributed by atoms with Crippen molar-refractivity contribution in [2.45, 2.75) is 0 Å². The van der Waals surface area contributed by atoms with Crippen LogP contribution in [0.25, 0.3) is 0 Å². The van der Waals surface area contributed by atoms with Crippen LogP contribution < -0.4 is 0 Å². The molecular weight excluding hydrogens is 106 g/mol. The van der Waals surface area contributed by atoms with Gasteiger partial charge in [-0.25, -0.2) is 0 Å². The molecule has 0 aromatic heterocycles. The van der Waals surface area contributed by atoms with Crippen LogP contribution in [0.5, 0.6) is 0 Å². The van der Waals surface area contributed by atoms with E-state index in [-0.39, 0.29) is 0 Å². The van der Waals surface area contributed by atoms with E-state index in [0.717, 1.165) is 0 Å². The summed E-state index contributed by atoms with van der Waals surface area (Å²) >= 11 is 1.38. The van der Waals surface area contributed by atoms with Gasteiger partial charge in [-0.1, -0.05) is 11.8 Å². The lowest BCUT2D eigenvalue weighted by Crippen LogP contribution is -1.53. The molecule has 0 spiro atoms. The van der Waals surface area contributed by atoms with Crippen molar-refractivity contribution in [3.8, 4) is 0 Å². The van der Waals surface area contributed by atoms with E-state index in [9.17, 15) is 0 Å². The average molecular weight is 109 g/mol. The summed E-state index contributed by atoms with van der Waals surface area (Å²) in [6.45, 7) is 0. The molecule has 0 unspecified atom stereocenters. The molecule has 0 saturated heterocycles. The molecule has 0 atom stereocenters. The van der Waals surface area contributed by atoms with E-state index in [1.807, 2.05) is 0 Å². The summed E-state index contributed by atoms with van der Waals surface area (Å²) in [5.41, 5.74) is 0. The number of thioether (sulfide) groups is 1. The van der Waals surface area contributed by atoms with Crippen molar-refractivity contribution in [2.24, 2.45) is 4.99 Å². The lowest BCUT2D eigenvalue weighted by Gasteiger charge is -1.65. The van der Waals surface area contributed by atoms with Gasteiger partial charge in [0.1, 0.15) is 0 Å². The van der Waals surface area contributed by atoms with Gasteiger partial charge in [0.15, 0.2) is 0 Å². The van der Waals surface area contributed by atoms with E-state index in [0.29, 0.717) is 0 Å². The number of aliphatic imine (C=N–C) groups is 1. The van der Waals surface area contributed by atoms with Crippen molar-refractivity contribution in [1.29, 1.82) is 0 Å². The summed E-state index contributed by atoms with van der Waals surface area (Å²) in [5, 5.41) is 5.65. The fourth-order valence-corrected chi connectivity index (χ4v) is 0.552. The minimum atomic E-state index is 1.38. The maximum atomic E-state index is 3.77. The van der Waals surface area contributed by atoms with Gasteiger partial charge in [0.2, 0.25) is 0 Å². The first-order valence-corrected chi connectivity index (χ1v) is 2.65. The van der Waals surface area contributed by atoms with Crippen molar-refractivity contribution in [3.63, 3.8) is 0 Å². The summed E-state index contributed by atoms with van der Waals surface area (Å²) in [4.78, 5) is 3.77. The summed E-state index contributed by atoms with van der Waals surface area (Å²) in [6.07, 6.45) is 5.04. The molecule has 1 aliphatic rings. The molecule has 2 heteroatoms. The highest BCUT2D eigenvalue weighted by Gasteiger charge is 1.74. The number of nitrogens with zero attached hydrogens (tertiary/aromatic N) is 1. The molecule has 0 N–H and O–H groups in total. The third-order valence-corrected chi connectivity index (χ3v) is 0.951. The normalized spacial score (nSPS) is 17.1. The Bertz CT molecular complexity index is 110. The van der Waals surface area contributed by atoms with Gasteiger partial charge in [-0.15, -0.1) is 0 Å². The molecule has 0 aromatic rings. The smallest absolute Gasteiger partial charge is 0.0460 e. The molecule has 34 valence electrons. The van der Waals surface area contributed by atoms with E-state index in [1.165, 1.54) is 11.8 Å². The van der Waals surface area contributed by atoms with Crippen LogP contribution in [0.15, 0.2) is 17.3 Å². The van der Waals surface area contributed by atoms with Gasteiger partial charge >= 0.3 is 0 Å². The molecule has 0 bridgehead atoms.